The third kappa shape index (κ3) is 4.62. The van der Waals surface area contributed by atoms with Crippen LogP contribution in [0.25, 0.3) is 0 Å². The molecule has 2 aromatic carbocycles. The average molecular weight is 374 g/mol. The Kier molecular flexibility index (Phi) is 5.69. The van der Waals surface area contributed by atoms with Gasteiger partial charge in [-0.1, -0.05) is 12.1 Å². The first-order valence-corrected chi connectivity index (χ1v) is 7.33. The van der Waals surface area contributed by atoms with Crippen LogP contribution >= 0.6 is 0 Å². The Balaban J connectivity index is 2.40. The van der Waals surface area contributed by atoms with E-state index in [1.54, 1.807) is 14.1 Å². The molecule has 0 radical (unpaired) electrons. The zero-order chi connectivity index (χ0) is 19.5. The van der Waals surface area contributed by atoms with E-state index >= 15 is 0 Å². The Bertz CT molecular complexity index is 791. The molecule has 0 aliphatic carbocycles. The summed E-state index contributed by atoms with van der Waals surface area (Å²) in [4.78, 5) is 13.9. The Morgan fingerprint density at radius 3 is 2.35 bits per heavy atom. The lowest BCUT2D eigenvalue weighted by Gasteiger charge is -2.20. The topological polar surface area (TPSA) is 41.6 Å². The molecule has 0 aliphatic heterocycles. The second-order valence-corrected chi connectivity index (χ2v) is 5.45. The zero-order valence-electron chi connectivity index (χ0n) is 13.8. The van der Waals surface area contributed by atoms with Crippen molar-refractivity contribution in [2.45, 2.75) is 12.8 Å². The number of amides is 1. The zero-order valence-corrected chi connectivity index (χ0v) is 13.8. The molecule has 0 aromatic heterocycles. The highest BCUT2D eigenvalue weighted by Gasteiger charge is 2.31. The van der Waals surface area contributed by atoms with Gasteiger partial charge in [0.05, 0.1) is 22.5 Å². The normalized spacial score (nSPS) is 11.4. The van der Waals surface area contributed by atoms with Gasteiger partial charge in [-0.3, -0.25) is 4.79 Å². The number of rotatable bonds is 5. The van der Waals surface area contributed by atoms with Crippen molar-refractivity contribution in [2.24, 2.45) is 0 Å². The average Bonchev–Trinajstić information content (AvgIpc) is 2.53. The number of nitrogens with zero attached hydrogens (tertiary/aromatic N) is 1. The molecular weight excluding hydrogens is 359 g/mol. The molecule has 0 aliphatic rings. The number of nitrogens with one attached hydrogen (secondary N) is 1. The molecule has 9 heteroatoms. The molecular formula is C17H15F5N2O2. The van der Waals surface area contributed by atoms with Gasteiger partial charge in [0.1, 0.15) is 5.75 Å². The van der Waals surface area contributed by atoms with E-state index < -0.39 is 24.3 Å². The van der Waals surface area contributed by atoms with Crippen molar-refractivity contribution in [3.05, 3.63) is 53.6 Å². The van der Waals surface area contributed by atoms with Crippen LogP contribution in [0.3, 0.4) is 0 Å². The van der Waals surface area contributed by atoms with Crippen LogP contribution in [-0.4, -0.2) is 26.6 Å². The quantitative estimate of drug-likeness (QED) is 0.777. The van der Waals surface area contributed by atoms with Gasteiger partial charge in [0.25, 0.3) is 5.91 Å². The molecule has 0 saturated heterocycles. The van der Waals surface area contributed by atoms with Crippen LogP contribution in [0.15, 0.2) is 42.5 Å². The van der Waals surface area contributed by atoms with Gasteiger partial charge >= 0.3 is 12.8 Å². The highest BCUT2D eigenvalue weighted by molar-refractivity contribution is 6.07. The minimum absolute atomic E-state index is 0.110. The number of alkyl halides is 5. The van der Waals surface area contributed by atoms with Crippen molar-refractivity contribution in [1.29, 1.82) is 0 Å². The van der Waals surface area contributed by atoms with E-state index in [0.29, 0.717) is 5.69 Å². The Morgan fingerprint density at radius 2 is 1.77 bits per heavy atom. The third-order valence-electron chi connectivity index (χ3n) is 3.40. The monoisotopic (exact) mass is 374 g/mol. The second-order valence-electron chi connectivity index (χ2n) is 5.45. The summed E-state index contributed by atoms with van der Waals surface area (Å²) in [5, 5.41) is 2.33. The van der Waals surface area contributed by atoms with Crippen LogP contribution < -0.4 is 15.0 Å². The molecule has 0 atom stereocenters. The summed E-state index contributed by atoms with van der Waals surface area (Å²) in [6, 6.07) is 8.09. The number of carbonyl (C=O) groups is 1. The predicted octanol–water partition coefficient (Wildman–Crippen LogP) is 4.63. The maximum absolute atomic E-state index is 12.9. The van der Waals surface area contributed by atoms with E-state index in [-0.39, 0.29) is 17.0 Å². The molecule has 0 unspecified atom stereocenters. The number of carbonyl (C=O) groups excluding carboxylic acids is 1. The molecule has 2 rings (SSSR count). The standard InChI is InChI=1S/C17H15F5N2O2/c1-24(2)13-8-7-10(17(20,21)22)9-12(13)23-15(25)11-5-3-4-6-14(11)26-16(18)19/h3-9,16H,1-2H3,(H,23,25). The minimum Gasteiger partial charge on any atom is -0.434 e. The molecule has 0 bridgehead atoms. The first-order chi connectivity index (χ1) is 12.1. The van der Waals surface area contributed by atoms with E-state index in [2.05, 4.69) is 10.1 Å². The summed E-state index contributed by atoms with van der Waals surface area (Å²) in [5.74, 6) is -1.25. The van der Waals surface area contributed by atoms with Gasteiger partial charge in [-0.05, 0) is 30.3 Å². The van der Waals surface area contributed by atoms with Gasteiger partial charge in [-0.15, -0.1) is 0 Å². The van der Waals surface area contributed by atoms with Crippen molar-refractivity contribution in [3.8, 4) is 5.75 Å². The fraction of sp³-hybridized carbons (Fsp3) is 0.235. The lowest BCUT2D eigenvalue weighted by atomic mass is 10.1. The lowest BCUT2D eigenvalue weighted by Crippen LogP contribution is -2.19. The molecule has 0 heterocycles. The van der Waals surface area contributed by atoms with Gasteiger partial charge in [-0.25, -0.2) is 0 Å². The summed E-state index contributed by atoms with van der Waals surface area (Å²) >= 11 is 0. The number of anilines is 2. The first-order valence-electron chi connectivity index (χ1n) is 7.33. The third-order valence-corrected chi connectivity index (χ3v) is 3.40. The largest absolute Gasteiger partial charge is 0.434 e. The van der Waals surface area contributed by atoms with Crippen molar-refractivity contribution >= 4 is 17.3 Å². The Morgan fingerprint density at radius 1 is 1.12 bits per heavy atom. The van der Waals surface area contributed by atoms with Crippen LogP contribution in [0.5, 0.6) is 5.75 Å². The van der Waals surface area contributed by atoms with Crippen LogP contribution in [0.2, 0.25) is 0 Å². The van der Waals surface area contributed by atoms with Gasteiger partial charge < -0.3 is 15.0 Å². The van der Waals surface area contributed by atoms with Crippen molar-refractivity contribution in [2.75, 3.05) is 24.3 Å². The fourth-order valence-electron chi connectivity index (χ4n) is 2.25. The van der Waals surface area contributed by atoms with Gasteiger partial charge in [0.2, 0.25) is 0 Å². The molecule has 4 nitrogen and oxygen atoms in total. The van der Waals surface area contributed by atoms with Crippen molar-refractivity contribution < 1.29 is 31.5 Å². The van der Waals surface area contributed by atoms with Crippen LogP contribution in [-0.2, 0) is 6.18 Å². The fourth-order valence-corrected chi connectivity index (χ4v) is 2.25. The van der Waals surface area contributed by atoms with Crippen LogP contribution in [0, 0.1) is 0 Å². The number of benzene rings is 2. The van der Waals surface area contributed by atoms with Crippen molar-refractivity contribution in [3.63, 3.8) is 0 Å². The maximum atomic E-state index is 12.9. The van der Waals surface area contributed by atoms with Gasteiger partial charge in [0.15, 0.2) is 0 Å². The molecule has 0 spiro atoms. The second kappa shape index (κ2) is 7.59. The molecule has 0 fully saturated rings. The molecule has 0 saturated carbocycles. The number of halogens is 5. The Labute approximate surface area is 146 Å². The van der Waals surface area contributed by atoms with E-state index in [0.717, 1.165) is 12.1 Å². The molecule has 26 heavy (non-hydrogen) atoms. The lowest BCUT2D eigenvalue weighted by molar-refractivity contribution is -0.137. The predicted molar refractivity (Wildman–Crippen MR) is 86.8 cm³/mol. The smallest absolute Gasteiger partial charge is 0.416 e. The number of ether oxygens (including phenoxy) is 1. The molecule has 2 aromatic rings. The summed E-state index contributed by atoms with van der Waals surface area (Å²) in [7, 11) is 3.18. The van der Waals surface area contributed by atoms with Gasteiger partial charge in [-0.2, -0.15) is 22.0 Å². The number of hydrogen-bond acceptors (Lipinski definition) is 3. The first kappa shape index (κ1) is 19.5. The summed E-state index contributed by atoms with van der Waals surface area (Å²) < 4.78 is 68.0. The number of hydrogen-bond donors (Lipinski definition) is 1. The van der Waals surface area contributed by atoms with E-state index in [4.69, 9.17) is 0 Å². The van der Waals surface area contributed by atoms with E-state index in [1.807, 2.05) is 0 Å². The van der Waals surface area contributed by atoms with Crippen molar-refractivity contribution in [1.82, 2.24) is 0 Å². The van der Waals surface area contributed by atoms with E-state index in [9.17, 15) is 26.7 Å². The van der Waals surface area contributed by atoms with Crippen LogP contribution in [0.4, 0.5) is 33.3 Å². The minimum atomic E-state index is -4.60. The highest BCUT2D eigenvalue weighted by Crippen LogP contribution is 2.35. The Hall–Kier alpha value is -2.84. The van der Waals surface area contributed by atoms with Gasteiger partial charge in [0, 0.05) is 14.1 Å². The molecule has 1 N–H and O–H groups in total. The molecule has 1 amide bonds. The molecule has 140 valence electrons. The number of para-hydroxylation sites is 1. The van der Waals surface area contributed by atoms with E-state index in [1.165, 1.54) is 35.2 Å². The summed E-state index contributed by atoms with van der Waals surface area (Å²) in [6.45, 7) is -3.14. The summed E-state index contributed by atoms with van der Waals surface area (Å²) in [6.07, 6.45) is -4.60. The van der Waals surface area contributed by atoms with Crippen LogP contribution in [0.1, 0.15) is 15.9 Å². The summed E-state index contributed by atoms with van der Waals surface area (Å²) in [5.41, 5.74) is -0.967. The SMILES string of the molecule is CN(C)c1ccc(C(F)(F)F)cc1NC(=O)c1ccccc1OC(F)F. The maximum Gasteiger partial charge on any atom is 0.416 e. The highest BCUT2D eigenvalue weighted by atomic mass is 19.4.